The topological polar surface area (TPSA) is 3.24 Å². The molecule has 2 unspecified atom stereocenters. The summed E-state index contributed by atoms with van der Waals surface area (Å²) >= 11 is 12.6. The fourth-order valence-electron chi connectivity index (χ4n) is 4.20. The molecule has 2 aromatic rings. The Morgan fingerprint density at radius 2 is 1.43 bits per heavy atom. The zero-order chi connectivity index (χ0) is 19.9. The van der Waals surface area contributed by atoms with Gasteiger partial charge in [-0.1, -0.05) is 54.6 Å². The normalized spacial score (nSPS) is 22.3. The third-order valence-electron chi connectivity index (χ3n) is 6.03. The van der Waals surface area contributed by atoms with E-state index < -0.39 is 0 Å². The Labute approximate surface area is 181 Å². The molecule has 1 saturated carbocycles. The maximum atomic E-state index is 6.29. The Balaban J connectivity index is 1.45. The summed E-state index contributed by atoms with van der Waals surface area (Å²) in [4.78, 5) is 2.60. The van der Waals surface area contributed by atoms with Crippen molar-refractivity contribution in [1.82, 2.24) is 4.90 Å². The summed E-state index contributed by atoms with van der Waals surface area (Å²) in [5, 5.41) is 0.230. The van der Waals surface area contributed by atoms with Crippen LogP contribution in [0.5, 0.6) is 0 Å². The largest absolute Gasteiger partial charge is 0.301 e. The molecule has 1 fully saturated rings. The van der Waals surface area contributed by atoms with Crippen molar-refractivity contribution in [3.63, 3.8) is 0 Å². The van der Waals surface area contributed by atoms with Crippen LogP contribution in [-0.4, -0.2) is 34.8 Å². The molecule has 0 N–H and O–H groups in total. The Morgan fingerprint density at radius 1 is 0.821 bits per heavy atom. The third kappa shape index (κ3) is 6.24. The van der Waals surface area contributed by atoms with Crippen molar-refractivity contribution in [3.05, 3.63) is 71.3 Å². The summed E-state index contributed by atoms with van der Waals surface area (Å²) in [6.07, 6.45) is 5.46. The Morgan fingerprint density at radius 3 is 2.04 bits per heavy atom. The maximum Gasteiger partial charge on any atom is 0.0505 e. The van der Waals surface area contributed by atoms with Gasteiger partial charge in [-0.15, -0.1) is 23.2 Å². The van der Waals surface area contributed by atoms with Crippen molar-refractivity contribution < 1.29 is 0 Å². The molecule has 0 radical (unpaired) electrons. The third-order valence-corrected chi connectivity index (χ3v) is 7.13. The first-order valence-electron chi connectivity index (χ1n) is 10.7. The van der Waals surface area contributed by atoms with E-state index in [4.69, 9.17) is 23.2 Å². The van der Waals surface area contributed by atoms with Crippen LogP contribution in [0.4, 0.5) is 0 Å². The number of rotatable bonds is 9. The van der Waals surface area contributed by atoms with E-state index in [1.807, 2.05) is 0 Å². The van der Waals surface area contributed by atoms with E-state index in [0.29, 0.717) is 12.0 Å². The first kappa shape index (κ1) is 21.7. The number of nitrogens with zero attached hydrogens (tertiary/aromatic N) is 1. The molecule has 0 aliphatic heterocycles. The van der Waals surface area contributed by atoms with Gasteiger partial charge in [-0.25, -0.2) is 0 Å². The second kappa shape index (κ2) is 10.7. The number of alkyl halides is 2. The minimum Gasteiger partial charge on any atom is -0.301 e. The van der Waals surface area contributed by atoms with Gasteiger partial charge in [0.15, 0.2) is 0 Å². The van der Waals surface area contributed by atoms with Gasteiger partial charge in [0.05, 0.1) is 10.8 Å². The Hall–Kier alpha value is -1.02. The zero-order valence-corrected chi connectivity index (χ0v) is 18.7. The van der Waals surface area contributed by atoms with Crippen molar-refractivity contribution in [2.45, 2.75) is 68.7 Å². The van der Waals surface area contributed by atoms with E-state index >= 15 is 0 Å². The van der Waals surface area contributed by atoms with Gasteiger partial charge in [-0.2, -0.15) is 0 Å². The highest BCUT2D eigenvalue weighted by molar-refractivity contribution is 6.30. The average molecular weight is 418 g/mol. The van der Waals surface area contributed by atoms with Crippen LogP contribution in [0.1, 0.15) is 55.7 Å². The zero-order valence-electron chi connectivity index (χ0n) is 17.2. The highest BCUT2D eigenvalue weighted by Gasteiger charge is 2.32. The predicted molar refractivity (Wildman–Crippen MR) is 123 cm³/mol. The van der Waals surface area contributed by atoms with Gasteiger partial charge in [-0.05, 0) is 75.1 Å². The van der Waals surface area contributed by atoms with E-state index in [9.17, 15) is 0 Å². The summed E-state index contributed by atoms with van der Waals surface area (Å²) in [6.45, 7) is 6.88. The molecule has 1 aliphatic rings. The van der Waals surface area contributed by atoms with Gasteiger partial charge in [0.2, 0.25) is 0 Å². The lowest BCUT2D eigenvalue weighted by molar-refractivity contribution is 0.222. The van der Waals surface area contributed by atoms with Crippen molar-refractivity contribution in [2.24, 2.45) is 0 Å². The van der Waals surface area contributed by atoms with Gasteiger partial charge in [0.1, 0.15) is 0 Å². The minimum atomic E-state index is 0.115. The maximum absolute atomic E-state index is 6.29. The van der Waals surface area contributed by atoms with Crippen LogP contribution in [-0.2, 0) is 12.8 Å². The lowest BCUT2D eigenvalue weighted by atomic mass is 9.96. The Bertz CT molecular complexity index is 688. The molecular weight excluding hydrogens is 385 g/mol. The van der Waals surface area contributed by atoms with Gasteiger partial charge < -0.3 is 4.90 Å². The first-order chi connectivity index (χ1) is 13.5. The molecule has 0 bridgehead atoms. The molecular formula is C25H33Cl2N. The highest BCUT2D eigenvalue weighted by Crippen LogP contribution is 2.40. The molecule has 3 rings (SSSR count). The number of halogens is 2. The number of hydrogen-bond acceptors (Lipinski definition) is 1. The fourth-order valence-corrected chi connectivity index (χ4v) is 4.83. The molecule has 28 heavy (non-hydrogen) atoms. The summed E-state index contributed by atoms with van der Waals surface area (Å²) in [5.74, 6) is 0.522. The van der Waals surface area contributed by atoms with E-state index in [1.165, 1.54) is 23.1 Å². The van der Waals surface area contributed by atoms with Gasteiger partial charge in [0, 0.05) is 12.6 Å². The van der Waals surface area contributed by atoms with Crippen LogP contribution in [0.3, 0.4) is 0 Å². The summed E-state index contributed by atoms with van der Waals surface area (Å²) in [5.41, 5.74) is 4.25. The predicted octanol–water partition coefficient (Wildman–Crippen LogP) is 6.66. The standard InChI is InChI=1S/C25H33Cl2N/c1-19(2)28(16-14-20-7-4-3-5-8-20)15-6-9-21-10-12-22(13-11-21)23-17-24(26)25(27)18-23/h3-5,7-8,10-13,19,23-25H,6,9,14-18H2,1-2H3. The lowest BCUT2D eigenvalue weighted by Gasteiger charge is -2.26. The van der Waals surface area contributed by atoms with Gasteiger partial charge in [0.25, 0.3) is 0 Å². The van der Waals surface area contributed by atoms with Crippen molar-refractivity contribution in [2.75, 3.05) is 13.1 Å². The monoisotopic (exact) mass is 417 g/mol. The van der Waals surface area contributed by atoms with E-state index in [-0.39, 0.29) is 10.8 Å². The molecule has 0 aromatic heterocycles. The molecule has 1 aliphatic carbocycles. The van der Waals surface area contributed by atoms with Crippen LogP contribution in [0.25, 0.3) is 0 Å². The molecule has 0 heterocycles. The molecule has 0 spiro atoms. The van der Waals surface area contributed by atoms with E-state index in [2.05, 4.69) is 73.3 Å². The second-order valence-corrected chi connectivity index (χ2v) is 9.53. The molecule has 2 atom stereocenters. The van der Waals surface area contributed by atoms with Crippen molar-refractivity contribution in [1.29, 1.82) is 0 Å². The quantitative estimate of drug-likeness (QED) is 0.412. The van der Waals surface area contributed by atoms with Crippen molar-refractivity contribution in [3.8, 4) is 0 Å². The number of benzene rings is 2. The molecule has 3 heteroatoms. The average Bonchev–Trinajstić information content (AvgIpc) is 3.04. The fraction of sp³-hybridized carbons (Fsp3) is 0.520. The van der Waals surface area contributed by atoms with E-state index in [1.54, 1.807) is 0 Å². The smallest absolute Gasteiger partial charge is 0.0505 e. The molecule has 152 valence electrons. The van der Waals surface area contributed by atoms with Crippen molar-refractivity contribution >= 4 is 23.2 Å². The van der Waals surface area contributed by atoms with Crippen LogP contribution in [0.2, 0.25) is 0 Å². The van der Waals surface area contributed by atoms with E-state index in [0.717, 1.165) is 38.8 Å². The summed E-state index contributed by atoms with van der Waals surface area (Å²) in [6, 6.07) is 20.5. The second-order valence-electron chi connectivity index (χ2n) is 8.41. The van der Waals surface area contributed by atoms with Crippen LogP contribution < -0.4 is 0 Å². The molecule has 0 saturated heterocycles. The van der Waals surface area contributed by atoms with Crippen LogP contribution in [0, 0.1) is 0 Å². The molecule has 0 amide bonds. The summed E-state index contributed by atoms with van der Waals surface area (Å²) in [7, 11) is 0. The highest BCUT2D eigenvalue weighted by atomic mass is 35.5. The SMILES string of the molecule is CC(C)N(CCCc1ccc(C2CC(Cl)C(Cl)C2)cc1)CCc1ccccc1. The lowest BCUT2D eigenvalue weighted by Crippen LogP contribution is -2.34. The minimum absolute atomic E-state index is 0.115. The Kier molecular flexibility index (Phi) is 8.26. The first-order valence-corrected chi connectivity index (χ1v) is 11.5. The molecule has 1 nitrogen and oxygen atoms in total. The van der Waals surface area contributed by atoms with Gasteiger partial charge in [-0.3, -0.25) is 0 Å². The van der Waals surface area contributed by atoms with Gasteiger partial charge >= 0.3 is 0 Å². The van der Waals surface area contributed by atoms with Crippen LogP contribution in [0.15, 0.2) is 54.6 Å². The number of hydrogen-bond donors (Lipinski definition) is 0. The summed E-state index contributed by atoms with van der Waals surface area (Å²) < 4.78 is 0. The van der Waals surface area contributed by atoms with Crippen LogP contribution >= 0.6 is 23.2 Å². The number of aryl methyl sites for hydroxylation is 1. The molecule has 2 aromatic carbocycles.